The number of nitrogens with one attached hydrogen (secondary N) is 2. The number of carbonyl (C=O) groups is 2. The number of imidazole rings is 1. The van der Waals surface area contributed by atoms with Crippen LogP contribution in [-0.4, -0.2) is 93.1 Å². The lowest BCUT2D eigenvalue weighted by Gasteiger charge is -2.34. The molecule has 14 nitrogen and oxygen atoms in total. The Hall–Kier alpha value is -8.56. The second-order valence-corrected chi connectivity index (χ2v) is 20.3. The van der Waals surface area contributed by atoms with E-state index in [-0.39, 0.29) is 17.9 Å². The van der Waals surface area contributed by atoms with Gasteiger partial charge in [0.05, 0.1) is 17.7 Å². The number of likely N-dealkylation sites (N-methyl/N-ethyl adjacent to an activating group) is 1. The number of pyridine rings is 1. The Morgan fingerprint density at radius 1 is 0.662 bits per heavy atom. The monoisotopic (exact) mass is 1030 g/mol. The molecule has 9 aromatic rings. The van der Waals surface area contributed by atoms with Gasteiger partial charge in [0.25, 0.3) is 11.8 Å². The van der Waals surface area contributed by atoms with Gasteiger partial charge in [0, 0.05) is 116 Å². The van der Waals surface area contributed by atoms with Crippen LogP contribution < -0.4 is 30.7 Å². The van der Waals surface area contributed by atoms with Crippen molar-refractivity contribution in [3.05, 3.63) is 210 Å². The van der Waals surface area contributed by atoms with E-state index in [1.54, 1.807) is 30.9 Å². The molecule has 3 aromatic heterocycles. The number of likely N-dealkylation sites (tertiary alicyclic amines) is 1. The van der Waals surface area contributed by atoms with Gasteiger partial charge in [-0.25, -0.2) is 4.98 Å². The minimum absolute atomic E-state index is 0.176. The van der Waals surface area contributed by atoms with Crippen molar-refractivity contribution in [3.8, 4) is 34.4 Å². The van der Waals surface area contributed by atoms with Crippen molar-refractivity contribution >= 4 is 39.6 Å². The van der Waals surface area contributed by atoms with Crippen LogP contribution in [0.3, 0.4) is 0 Å². The molecule has 4 N–H and O–H groups in total. The smallest absolute Gasteiger partial charge is 0.255 e. The molecule has 2 amide bonds. The van der Waals surface area contributed by atoms with E-state index >= 15 is 0 Å². The summed E-state index contributed by atoms with van der Waals surface area (Å²) >= 11 is 0. The third-order valence-electron chi connectivity index (χ3n) is 14.1. The zero-order valence-corrected chi connectivity index (χ0v) is 44.4. The van der Waals surface area contributed by atoms with E-state index in [9.17, 15) is 9.59 Å². The van der Waals surface area contributed by atoms with E-state index in [1.165, 1.54) is 5.56 Å². The summed E-state index contributed by atoms with van der Waals surface area (Å²) in [5.74, 6) is 2.35. The predicted octanol–water partition coefficient (Wildman–Crippen LogP) is 11.9. The highest BCUT2D eigenvalue weighted by Crippen LogP contribution is 2.33. The van der Waals surface area contributed by atoms with Crippen molar-refractivity contribution in [1.82, 2.24) is 28.9 Å². The Balaban J connectivity index is 0.000000175. The van der Waals surface area contributed by atoms with Crippen molar-refractivity contribution in [2.45, 2.75) is 53.1 Å². The molecule has 5 heterocycles. The molecule has 392 valence electrons. The van der Waals surface area contributed by atoms with Crippen LogP contribution in [0.15, 0.2) is 171 Å². The molecule has 2 fully saturated rings. The summed E-state index contributed by atoms with van der Waals surface area (Å²) in [4.78, 5) is 42.6. The Labute approximate surface area is 450 Å². The van der Waals surface area contributed by atoms with E-state index in [1.807, 2.05) is 135 Å². The van der Waals surface area contributed by atoms with Gasteiger partial charge in [-0.15, -0.1) is 0 Å². The van der Waals surface area contributed by atoms with Crippen LogP contribution in [0.5, 0.6) is 23.0 Å². The molecule has 14 heteroatoms. The fraction of sp³-hybridized carbons (Fsp3) is 0.238. The Morgan fingerprint density at radius 3 is 2.03 bits per heavy atom. The average molecular weight is 1030 g/mol. The summed E-state index contributed by atoms with van der Waals surface area (Å²) in [7, 11) is 2.14. The van der Waals surface area contributed by atoms with Crippen LogP contribution in [0, 0.1) is 27.7 Å². The molecular formula is C63H66N10O4. The Bertz CT molecular complexity index is 3520. The van der Waals surface area contributed by atoms with Crippen LogP contribution in [0.25, 0.3) is 22.1 Å². The highest BCUT2D eigenvalue weighted by atomic mass is 16.5. The molecule has 0 saturated carbocycles. The zero-order valence-electron chi connectivity index (χ0n) is 44.4. The number of piperazine rings is 1. The minimum atomic E-state index is -0.201. The van der Waals surface area contributed by atoms with Gasteiger partial charge in [-0.05, 0) is 173 Å². The normalized spacial score (nSPS) is 14.9. The van der Waals surface area contributed by atoms with Crippen molar-refractivity contribution in [3.63, 3.8) is 0 Å². The van der Waals surface area contributed by atoms with Crippen molar-refractivity contribution < 1.29 is 19.1 Å². The van der Waals surface area contributed by atoms with Crippen LogP contribution in [0.1, 0.15) is 61.5 Å². The van der Waals surface area contributed by atoms with Gasteiger partial charge in [0.1, 0.15) is 23.0 Å². The van der Waals surface area contributed by atoms with Gasteiger partial charge in [0.15, 0.2) is 0 Å². The average Bonchev–Trinajstić information content (AvgIpc) is 4.10. The second-order valence-electron chi connectivity index (χ2n) is 20.3. The number of anilines is 3. The number of rotatable bonds is 13. The number of nitrogens with zero attached hydrogens (tertiary/aromatic N) is 7. The van der Waals surface area contributed by atoms with Gasteiger partial charge >= 0.3 is 0 Å². The zero-order chi connectivity index (χ0) is 53.4. The summed E-state index contributed by atoms with van der Waals surface area (Å²) in [5.41, 5.74) is 17.0. The summed E-state index contributed by atoms with van der Waals surface area (Å²) in [6, 6.07) is 43.3. The van der Waals surface area contributed by atoms with Crippen LogP contribution in [-0.2, 0) is 6.54 Å². The maximum Gasteiger partial charge on any atom is 0.255 e. The highest BCUT2D eigenvalue weighted by molar-refractivity contribution is 6.05. The second kappa shape index (κ2) is 23.5. The van der Waals surface area contributed by atoms with Crippen molar-refractivity contribution in [1.29, 1.82) is 0 Å². The molecule has 0 spiro atoms. The molecule has 0 bridgehead atoms. The highest BCUT2D eigenvalue weighted by Gasteiger charge is 2.20. The first-order valence-electron chi connectivity index (χ1n) is 26.3. The Morgan fingerprint density at radius 2 is 1.35 bits per heavy atom. The number of nitrogens with two attached hydrogens (primary N) is 1. The standard InChI is InChI=1S/C32H32N6O2.C31H34N4O2/c1-22-7-8-25(15-31(22)40-30-6-4-5-24-9-10-33-19-29(24)30)32(39)35-26-16-27(37-13-11-36(3)12-14-37)18-28(17-26)38-20-23(2)34-21-38;1-22-12-14-35(19-22)28-16-24(20-34-13-6-7-26(32)21-34)15-27(18-28)33-31(36)25-11-10-23(2)30(17-25)37-29-8-4-3-5-9-29/h4-10,15-21H,11-14H2,1-3H3,(H,35,39);3-5,8-12,14-19,26H,6-7,13,20-21,32H2,1-2H3,(H,33,36)/t;26-/m.0/s1. The predicted molar refractivity (Wildman–Crippen MR) is 308 cm³/mol. The molecule has 0 radical (unpaired) electrons. The van der Waals surface area contributed by atoms with Gasteiger partial charge in [-0.1, -0.05) is 42.5 Å². The number of ether oxygens (including phenoxy) is 2. The first kappa shape index (κ1) is 51.9. The number of fused-ring (bicyclic) bond motifs is 1. The molecule has 11 rings (SSSR count). The summed E-state index contributed by atoms with van der Waals surface area (Å²) < 4.78 is 16.4. The topological polar surface area (TPSA) is 148 Å². The molecule has 6 aromatic carbocycles. The first-order valence-corrected chi connectivity index (χ1v) is 26.3. The fourth-order valence-corrected chi connectivity index (χ4v) is 9.79. The molecule has 0 aliphatic carbocycles. The maximum absolute atomic E-state index is 13.5. The molecule has 1 atom stereocenters. The number of amides is 2. The molecule has 77 heavy (non-hydrogen) atoms. The number of carbonyl (C=O) groups excluding carboxylic acids is 2. The number of benzene rings is 6. The molecular weight excluding hydrogens is 961 g/mol. The maximum atomic E-state index is 13.5. The van der Waals surface area contributed by atoms with E-state index in [0.717, 1.165) is 126 Å². The van der Waals surface area contributed by atoms with Crippen LogP contribution in [0.4, 0.5) is 17.1 Å². The number of piperidine rings is 1. The SMILES string of the molecule is Cc1ccn(-c2cc(CN3CCC[C@H](N)C3)cc(NC(=O)c3ccc(C)c(Oc4ccccc4)c3)c2)c1.Cc1cn(-c2cc(NC(=O)c3ccc(C)c(Oc4cccc5ccncc45)c3)cc(N3CCN(C)CC3)c2)cn1. The lowest BCUT2D eigenvalue weighted by Crippen LogP contribution is -2.44. The van der Waals surface area contributed by atoms with E-state index in [4.69, 9.17) is 15.2 Å². The van der Waals surface area contributed by atoms with Gasteiger partial charge in [0.2, 0.25) is 0 Å². The largest absolute Gasteiger partial charge is 0.457 e. The quantitative estimate of drug-likeness (QED) is 0.102. The van der Waals surface area contributed by atoms with E-state index in [0.29, 0.717) is 28.4 Å². The number of aromatic nitrogens is 4. The third kappa shape index (κ3) is 13.1. The third-order valence-corrected chi connectivity index (χ3v) is 14.1. The first-order chi connectivity index (χ1) is 37.3. The van der Waals surface area contributed by atoms with Gasteiger partial charge < -0.3 is 44.8 Å². The fourth-order valence-electron chi connectivity index (χ4n) is 9.79. The lowest BCUT2D eigenvalue weighted by molar-refractivity contribution is 0.101. The molecule has 2 aliphatic heterocycles. The van der Waals surface area contributed by atoms with Crippen LogP contribution in [0.2, 0.25) is 0 Å². The van der Waals surface area contributed by atoms with Gasteiger partial charge in [-0.2, -0.15) is 0 Å². The number of aryl methyl sites for hydroxylation is 4. The van der Waals surface area contributed by atoms with Crippen molar-refractivity contribution in [2.24, 2.45) is 5.73 Å². The van der Waals surface area contributed by atoms with Gasteiger partial charge in [-0.3, -0.25) is 19.5 Å². The summed E-state index contributed by atoms with van der Waals surface area (Å²) in [6.07, 6.45) is 13.7. The van der Waals surface area contributed by atoms with E-state index < -0.39 is 0 Å². The number of hydrogen-bond acceptors (Lipinski definition) is 10. The van der Waals surface area contributed by atoms with Crippen molar-refractivity contribution in [2.75, 3.05) is 61.8 Å². The number of para-hydroxylation sites is 1. The molecule has 0 unspecified atom stereocenters. The summed E-state index contributed by atoms with van der Waals surface area (Å²) in [5, 5.41) is 8.21. The molecule has 2 aliphatic rings. The summed E-state index contributed by atoms with van der Waals surface area (Å²) in [6.45, 7) is 14.6. The Kier molecular flexibility index (Phi) is 15.9. The van der Waals surface area contributed by atoms with Crippen LogP contribution >= 0.6 is 0 Å². The molecule has 2 saturated heterocycles. The number of hydrogen-bond donors (Lipinski definition) is 3. The minimum Gasteiger partial charge on any atom is -0.457 e. The lowest BCUT2D eigenvalue weighted by atomic mass is 10.0. The van der Waals surface area contributed by atoms with E-state index in [2.05, 4.69) is 84.3 Å².